The van der Waals surface area contributed by atoms with Crippen molar-refractivity contribution < 1.29 is 8.42 Å². The largest absolute Gasteiger partial charge is 0.313 e. The Labute approximate surface area is 100 Å². The van der Waals surface area contributed by atoms with Crippen LogP contribution < -0.4 is 5.32 Å². The number of benzene rings is 1. The molecule has 1 aromatic carbocycles. The van der Waals surface area contributed by atoms with Gasteiger partial charge in [-0.05, 0) is 18.2 Å². The summed E-state index contributed by atoms with van der Waals surface area (Å²) in [5.74, 6) is 0. The van der Waals surface area contributed by atoms with E-state index in [4.69, 9.17) is 11.6 Å². The van der Waals surface area contributed by atoms with Gasteiger partial charge < -0.3 is 5.32 Å². The molecular formula is C10H13ClN2O2S. The molecule has 0 amide bonds. The normalized spacial score (nSPS) is 17.4. The zero-order valence-electron chi connectivity index (χ0n) is 8.85. The molecule has 88 valence electrons. The Morgan fingerprint density at radius 1 is 1.44 bits per heavy atom. The van der Waals surface area contributed by atoms with Gasteiger partial charge in [0, 0.05) is 31.2 Å². The van der Waals surface area contributed by atoms with Crippen molar-refractivity contribution in [1.29, 1.82) is 0 Å². The fourth-order valence-electron chi connectivity index (χ4n) is 1.52. The fraction of sp³-hybridized carbons (Fsp3) is 0.400. The lowest BCUT2D eigenvalue weighted by Crippen LogP contribution is -2.57. The summed E-state index contributed by atoms with van der Waals surface area (Å²) < 4.78 is 25.7. The summed E-state index contributed by atoms with van der Waals surface area (Å²) in [6, 6.07) is 6.38. The smallest absolute Gasteiger partial charge is 0.243 e. The second-order valence-electron chi connectivity index (χ2n) is 3.79. The van der Waals surface area contributed by atoms with E-state index >= 15 is 0 Å². The van der Waals surface area contributed by atoms with Gasteiger partial charge in [0.05, 0.1) is 4.90 Å². The molecule has 1 aliphatic rings. The zero-order valence-corrected chi connectivity index (χ0v) is 10.4. The van der Waals surface area contributed by atoms with E-state index in [9.17, 15) is 8.42 Å². The minimum atomic E-state index is -3.41. The van der Waals surface area contributed by atoms with E-state index in [0.29, 0.717) is 18.1 Å². The third-order valence-corrected chi connectivity index (χ3v) is 4.89. The van der Waals surface area contributed by atoms with Crippen molar-refractivity contribution in [2.24, 2.45) is 0 Å². The van der Waals surface area contributed by atoms with Gasteiger partial charge in [0.15, 0.2) is 0 Å². The van der Waals surface area contributed by atoms with Gasteiger partial charge in [-0.2, -0.15) is 4.31 Å². The second-order valence-corrected chi connectivity index (χ2v) is 6.22. The number of nitrogens with zero attached hydrogens (tertiary/aromatic N) is 1. The van der Waals surface area contributed by atoms with Crippen molar-refractivity contribution in [3.8, 4) is 0 Å². The molecule has 1 aromatic rings. The summed E-state index contributed by atoms with van der Waals surface area (Å²) in [6.45, 7) is 1.41. The van der Waals surface area contributed by atoms with Crippen LogP contribution in [0.4, 0.5) is 0 Å². The highest BCUT2D eigenvalue weighted by Gasteiger charge is 2.31. The lowest BCUT2D eigenvalue weighted by Gasteiger charge is -2.34. The number of halogens is 1. The fourth-order valence-corrected chi connectivity index (χ4v) is 3.18. The lowest BCUT2D eigenvalue weighted by atomic mass is 10.2. The molecule has 6 heteroatoms. The maximum atomic E-state index is 12.2. The monoisotopic (exact) mass is 260 g/mol. The first-order valence-electron chi connectivity index (χ1n) is 4.96. The first kappa shape index (κ1) is 11.9. The highest BCUT2D eigenvalue weighted by Crippen LogP contribution is 2.20. The van der Waals surface area contributed by atoms with E-state index in [1.807, 2.05) is 0 Å². The third kappa shape index (κ3) is 2.08. The first-order valence-corrected chi connectivity index (χ1v) is 6.78. The lowest BCUT2D eigenvalue weighted by molar-refractivity contribution is 0.274. The maximum absolute atomic E-state index is 12.2. The van der Waals surface area contributed by atoms with Gasteiger partial charge in [-0.25, -0.2) is 8.42 Å². The van der Waals surface area contributed by atoms with Crippen molar-refractivity contribution in [2.75, 3.05) is 20.1 Å². The molecular weight excluding hydrogens is 248 g/mol. The molecule has 2 rings (SSSR count). The SMILES string of the molecule is CN(C1CNC1)S(=O)(=O)c1cccc(Cl)c1. The number of hydrogen-bond donors (Lipinski definition) is 1. The Morgan fingerprint density at radius 2 is 2.12 bits per heavy atom. The Kier molecular flexibility index (Phi) is 3.21. The molecule has 1 saturated heterocycles. The van der Waals surface area contributed by atoms with Crippen molar-refractivity contribution in [2.45, 2.75) is 10.9 Å². The number of likely N-dealkylation sites (N-methyl/N-ethyl adjacent to an activating group) is 1. The van der Waals surface area contributed by atoms with E-state index in [0.717, 1.165) is 0 Å². The van der Waals surface area contributed by atoms with Gasteiger partial charge in [-0.15, -0.1) is 0 Å². The van der Waals surface area contributed by atoms with Crippen molar-refractivity contribution >= 4 is 21.6 Å². The molecule has 0 aromatic heterocycles. The molecule has 0 aliphatic carbocycles. The molecule has 0 saturated carbocycles. The number of sulfonamides is 1. The van der Waals surface area contributed by atoms with E-state index in [2.05, 4.69) is 5.32 Å². The van der Waals surface area contributed by atoms with Crippen LogP contribution in [0.5, 0.6) is 0 Å². The molecule has 1 heterocycles. The highest BCUT2D eigenvalue weighted by molar-refractivity contribution is 7.89. The predicted octanol–water partition coefficient (Wildman–Crippen LogP) is 0.932. The summed E-state index contributed by atoms with van der Waals surface area (Å²) in [5, 5.41) is 3.48. The quantitative estimate of drug-likeness (QED) is 0.880. The topological polar surface area (TPSA) is 49.4 Å². The molecule has 1 aliphatic heterocycles. The Bertz CT molecular complexity index is 485. The standard InChI is InChI=1S/C10H13ClN2O2S/c1-13(9-6-12-7-9)16(14,15)10-4-2-3-8(11)5-10/h2-5,9,12H,6-7H2,1H3. The summed E-state index contributed by atoms with van der Waals surface area (Å²) in [7, 11) is -1.81. The molecule has 16 heavy (non-hydrogen) atoms. The molecule has 0 radical (unpaired) electrons. The minimum Gasteiger partial charge on any atom is -0.313 e. The van der Waals surface area contributed by atoms with Gasteiger partial charge in [0.25, 0.3) is 0 Å². The molecule has 0 atom stereocenters. The Morgan fingerprint density at radius 3 is 2.62 bits per heavy atom. The van der Waals surface area contributed by atoms with E-state index in [1.54, 1.807) is 25.2 Å². The van der Waals surface area contributed by atoms with Crippen molar-refractivity contribution in [1.82, 2.24) is 9.62 Å². The van der Waals surface area contributed by atoms with E-state index < -0.39 is 10.0 Å². The predicted molar refractivity (Wildman–Crippen MR) is 63.1 cm³/mol. The van der Waals surface area contributed by atoms with Crippen LogP contribution in [0.25, 0.3) is 0 Å². The Balaban J connectivity index is 2.30. The molecule has 0 spiro atoms. The summed E-state index contributed by atoms with van der Waals surface area (Å²) in [6.07, 6.45) is 0. The van der Waals surface area contributed by atoms with Crippen LogP contribution in [-0.2, 0) is 10.0 Å². The highest BCUT2D eigenvalue weighted by atomic mass is 35.5. The van der Waals surface area contributed by atoms with Crippen LogP contribution in [0.15, 0.2) is 29.2 Å². The summed E-state index contributed by atoms with van der Waals surface area (Å²) in [5.41, 5.74) is 0. The van der Waals surface area contributed by atoms with Crippen LogP contribution in [0.3, 0.4) is 0 Å². The van der Waals surface area contributed by atoms with Gasteiger partial charge in [0.1, 0.15) is 0 Å². The van der Waals surface area contributed by atoms with E-state index in [1.165, 1.54) is 10.4 Å². The molecule has 1 N–H and O–H groups in total. The Hall–Kier alpha value is -0.620. The molecule has 0 unspecified atom stereocenters. The number of hydrogen-bond acceptors (Lipinski definition) is 3. The van der Waals surface area contributed by atoms with Crippen LogP contribution in [0.1, 0.15) is 0 Å². The second kappa shape index (κ2) is 4.33. The third-order valence-electron chi connectivity index (χ3n) is 2.75. The summed E-state index contributed by atoms with van der Waals surface area (Å²) >= 11 is 5.79. The van der Waals surface area contributed by atoms with Gasteiger partial charge >= 0.3 is 0 Å². The molecule has 0 bridgehead atoms. The summed E-state index contributed by atoms with van der Waals surface area (Å²) in [4.78, 5) is 0.245. The minimum absolute atomic E-state index is 0.0454. The first-order chi connectivity index (χ1) is 7.51. The van der Waals surface area contributed by atoms with E-state index in [-0.39, 0.29) is 10.9 Å². The molecule has 1 fully saturated rings. The van der Waals surface area contributed by atoms with Crippen LogP contribution >= 0.6 is 11.6 Å². The van der Waals surface area contributed by atoms with Crippen LogP contribution in [0.2, 0.25) is 5.02 Å². The average molecular weight is 261 g/mol. The maximum Gasteiger partial charge on any atom is 0.243 e. The van der Waals surface area contributed by atoms with Gasteiger partial charge in [-0.1, -0.05) is 17.7 Å². The van der Waals surface area contributed by atoms with Crippen molar-refractivity contribution in [3.63, 3.8) is 0 Å². The van der Waals surface area contributed by atoms with Gasteiger partial charge in [-0.3, -0.25) is 0 Å². The van der Waals surface area contributed by atoms with Crippen molar-refractivity contribution in [3.05, 3.63) is 29.3 Å². The molecule has 4 nitrogen and oxygen atoms in total. The zero-order chi connectivity index (χ0) is 11.8. The van der Waals surface area contributed by atoms with Gasteiger partial charge in [0.2, 0.25) is 10.0 Å². The average Bonchev–Trinajstić information content (AvgIpc) is 2.15. The number of rotatable bonds is 3. The van der Waals surface area contributed by atoms with Crippen LogP contribution in [-0.4, -0.2) is 38.9 Å². The van der Waals surface area contributed by atoms with Crippen LogP contribution in [0, 0.1) is 0 Å². The number of nitrogens with one attached hydrogen (secondary N) is 1.